The maximum absolute atomic E-state index is 13.6. The van der Waals surface area contributed by atoms with E-state index < -0.39 is 0 Å². The van der Waals surface area contributed by atoms with Gasteiger partial charge in [0, 0.05) is 6.04 Å². The summed E-state index contributed by atoms with van der Waals surface area (Å²) in [6.07, 6.45) is 3.50. The second kappa shape index (κ2) is 5.83. The zero-order valence-electron chi connectivity index (χ0n) is 11.7. The van der Waals surface area contributed by atoms with Crippen molar-refractivity contribution in [3.8, 4) is 0 Å². The molecule has 100 valence electrons. The molecule has 1 saturated carbocycles. The highest BCUT2D eigenvalue weighted by Crippen LogP contribution is 2.44. The standard InChI is InChI=1S/C16H24FN/c1-4-8-18-16-10-14(13(16)5-2)12-7-6-11(3)15(17)9-12/h6-7,9,13-14,16,18H,4-5,8,10H2,1-3H3. The maximum Gasteiger partial charge on any atom is 0.126 e. The summed E-state index contributed by atoms with van der Waals surface area (Å²) >= 11 is 0. The van der Waals surface area contributed by atoms with Crippen LogP contribution in [0.15, 0.2) is 18.2 Å². The lowest BCUT2D eigenvalue weighted by Crippen LogP contribution is -2.49. The molecule has 1 nitrogen and oxygen atoms in total. The van der Waals surface area contributed by atoms with Gasteiger partial charge in [0.1, 0.15) is 5.82 Å². The topological polar surface area (TPSA) is 12.0 Å². The van der Waals surface area contributed by atoms with E-state index in [9.17, 15) is 4.39 Å². The van der Waals surface area contributed by atoms with Crippen molar-refractivity contribution in [3.05, 3.63) is 35.1 Å². The molecule has 3 unspecified atom stereocenters. The van der Waals surface area contributed by atoms with E-state index in [0.29, 0.717) is 17.9 Å². The Balaban J connectivity index is 2.04. The summed E-state index contributed by atoms with van der Waals surface area (Å²) < 4.78 is 13.6. The van der Waals surface area contributed by atoms with Gasteiger partial charge in [-0.1, -0.05) is 32.4 Å². The zero-order chi connectivity index (χ0) is 13.1. The van der Waals surface area contributed by atoms with Crippen molar-refractivity contribution in [3.63, 3.8) is 0 Å². The van der Waals surface area contributed by atoms with Crippen molar-refractivity contribution in [1.82, 2.24) is 5.32 Å². The summed E-state index contributed by atoms with van der Waals surface area (Å²) in [7, 11) is 0. The molecule has 0 aliphatic heterocycles. The fraction of sp³-hybridized carbons (Fsp3) is 0.625. The van der Waals surface area contributed by atoms with Gasteiger partial charge >= 0.3 is 0 Å². The first kappa shape index (κ1) is 13.5. The third kappa shape index (κ3) is 2.59. The Morgan fingerprint density at radius 1 is 1.33 bits per heavy atom. The lowest BCUT2D eigenvalue weighted by molar-refractivity contribution is 0.160. The van der Waals surface area contributed by atoms with Crippen LogP contribution in [0.3, 0.4) is 0 Å². The van der Waals surface area contributed by atoms with Crippen LogP contribution in [0.5, 0.6) is 0 Å². The minimum atomic E-state index is -0.0627. The highest BCUT2D eigenvalue weighted by atomic mass is 19.1. The first-order chi connectivity index (χ1) is 8.67. The van der Waals surface area contributed by atoms with Gasteiger partial charge in [-0.15, -0.1) is 0 Å². The number of benzene rings is 1. The van der Waals surface area contributed by atoms with E-state index >= 15 is 0 Å². The van der Waals surface area contributed by atoms with Gasteiger partial charge in [-0.25, -0.2) is 4.39 Å². The van der Waals surface area contributed by atoms with E-state index in [4.69, 9.17) is 0 Å². The quantitative estimate of drug-likeness (QED) is 0.831. The van der Waals surface area contributed by atoms with Gasteiger partial charge in [-0.2, -0.15) is 0 Å². The second-order valence-electron chi connectivity index (χ2n) is 5.48. The van der Waals surface area contributed by atoms with E-state index in [-0.39, 0.29) is 5.82 Å². The number of nitrogens with one attached hydrogen (secondary N) is 1. The van der Waals surface area contributed by atoms with E-state index in [2.05, 4.69) is 25.2 Å². The van der Waals surface area contributed by atoms with E-state index in [1.165, 1.54) is 18.4 Å². The lowest BCUT2D eigenvalue weighted by Gasteiger charge is -2.45. The highest BCUT2D eigenvalue weighted by molar-refractivity contribution is 5.29. The Kier molecular flexibility index (Phi) is 4.39. The van der Waals surface area contributed by atoms with E-state index in [1.54, 1.807) is 6.07 Å². The number of rotatable bonds is 5. The van der Waals surface area contributed by atoms with Crippen molar-refractivity contribution < 1.29 is 4.39 Å². The van der Waals surface area contributed by atoms with Gasteiger partial charge in [0.2, 0.25) is 0 Å². The largest absolute Gasteiger partial charge is 0.314 e. The predicted molar refractivity (Wildman–Crippen MR) is 74.4 cm³/mol. The molecule has 1 aliphatic carbocycles. The van der Waals surface area contributed by atoms with Gasteiger partial charge in [-0.3, -0.25) is 0 Å². The van der Waals surface area contributed by atoms with Gasteiger partial charge in [0.05, 0.1) is 0 Å². The molecule has 0 bridgehead atoms. The van der Waals surface area contributed by atoms with Crippen LogP contribution in [0.1, 0.15) is 50.2 Å². The first-order valence-corrected chi connectivity index (χ1v) is 7.16. The minimum absolute atomic E-state index is 0.0627. The Labute approximate surface area is 110 Å². The molecule has 3 atom stereocenters. The molecule has 1 aliphatic rings. The summed E-state index contributed by atoms with van der Waals surface area (Å²) in [6, 6.07) is 6.37. The molecule has 0 amide bonds. The Bertz CT molecular complexity index is 402. The summed E-state index contributed by atoms with van der Waals surface area (Å²) in [5, 5.41) is 3.60. The number of hydrogen-bond donors (Lipinski definition) is 1. The smallest absolute Gasteiger partial charge is 0.126 e. The maximum atomic E-state index is 13.6. The second-order valence-corrected chi connectivity index (χ2v) is 5.48. The molecule has 0 heterocycles. The van der Waals surface area contributed by atoms with Crippen LogP contribution < -0.4 is 5.32 Å². The molecule has 1 fully saturated rings. The molecule has 2 heteroatoms. The molecule has 2 rings (SSSR count). The molecular weight excluding hydrogens is 225 g/mol. The first-order valence-electron chi connectivity index (χ1n) is 7.16. The van der Waals surface area contributed by atoms with Crippen LogP contribution in [0, 0.1) is 18.7 Å². The normalized spacial score (nSPS) is 27.0. The Hall–Kier alpha value is -0.890. The van der Waals surface area contributed by atoms with Crippen molar-refractivity contribution >= 4 is 0 Å². The van der Waals surface area contributed by atoms with Crippen LogP contribution in [-0.2, 0) is 0 Å². The van der Waals surface area contributed by atoms with E-state index in [1.807, 2.05) is 13.0 Å². The summed E-state index contributed by atoms with van der Waals surface area (Å²) in [6.45, 7) is 7.35. The molecule has 0 radical (unpaired) electrons. The van der Waals surface area contributed by atoms with Crippen LogP contribution in [0.2, 0.25) is 0 Å². The minimum Gasteiger partial charge on any atom is -0.314 e. The summed E-state index contributed by atoms with van der Waals surface area (Å²) in [5.41, 5.74) is 1.92. The third-order valence-electron chi connectivity index (χ3n) is 4.29. The van der Waals surface area contributed by atoms with Crippen LogP contribution in [-0.4, -0.2) is 12.6 Å². The fourth-order valence-electron chi connectivity index (χ4n) is 3.06. The molecular formula is C16H24FN. The predicted octanol–water partition coefficient (Wildman–Crippen LogP) is 4.02. The molecule has 0 spiro atoms. The molecule has 1 aromatic carbocycles. The van der Waals surface area contributed by atoms with Gasteiger partial charge < -0.3 is 5.32 Å². The van der Waals surface area contributed by atoms with Gasteiger partial charge in [0.15, 0.2) is 0 Å². The Morgan fingerprint density at radius 3 is 2.72 bits per heavy atom. The van der Waals surface area contributed by atoms with Crippen molar-refractivity contribution in [1.29, 1.82) is 0 Å². The van der Waals surface area contributed by atoms with Crippen LogP contribution in [0.4, 0.5) is 4.39 Å². The summed E-state index contributed by atoms with van der Waals surface area (Å²) in [4.78, 5) is 0. The lowest BCUT2D eigenvalue weighted by atomic mass is 9.65. The number of hydrogen-bond acceptors (Lipinski definition) is 1. The Morgan fingerprint density at radius 2 is 2.11 bits per heavy atom. The van der Waals surface area contributed by atoms with Crippen LogP contribution >= 0.6 is 0 Å². The third-order valence-corrected chi connectivity index (χ3v) is 4.29. The molecule has 18 heavy (non-hydrogen) atoms. The highest BCUT2D eigenvalue weighted by Gasteiger charge is 2.39. The summed E-state index contributed by atoms with van der Waals surface area (Å²) in [5.74, 6) is 1.14. The average Bonchev–Trinajstić information content (AvgIpc) is 2.33. The molecule has 0 saturated heterocycles. The van der Waals surface area contributed by atoms with Crippen molar-refractivity contribution in [2.45, 2.75) is 52.0 Å². The van der Waals surface area contributed by atoms with E-state index in [0.717, 1.165) is 18.5 Å². The fourth-order valence-corrected chi connectivity index (χ4v) is 3.06. The number of halogens is 1. The van der Waals surface area contributed by atoms with Gasteiger partial charge in [0.25, 0.3) is 0 Å². The van der Waals surface area contributed by atoms with Crippen molar-refractivity contribution in [2.75, 3.05) is 6.54 Å². The van der Waals surface area contributed by atoms with Crippen LogP contribution in [0.25, 0.3) is 0 Å². The average molecular weight is 249 g/mol. The van der Waals surface area contributed by atoms with Gasteiger partial charge in [-0.05, 0) is 55.3 Å². The SMILES string of the molecule is CCCNC1CC(c2ccc(C)c(F)c2)C1CC. The monoisotopic (exact) mass is 249 g/mol. The molecule has 1 aromatic rings. The van der Waals surface area contributed by atoms with Crippen molar-refractivity contribution in [2.24, 2.45) is 5.92 Å². The molecule has 0 aromatic heterocycles. The zero-order valence-corrected chi connectivity index (χ0v) is 11.7. The number of aryl methyl sites for hydroxylation is 1. The molecule has 1 N–H and O–H groups in total.